The number of aromatic nitrogens is 3. The second-order valence-corrected chi connectivity index (χ2v) is 8.68. The van der Waals surface area contributed by atoms with Crippen LogP contribution in [-0.2, 0) is 6.54 Å². The Morgan fingerprint density at radius 3 is 2.73 bits per heavy atom. The zero-order valence-corrected chi connectivity index (χ0v) is 18.9. The van der Waals surface area contributed by atoms with Gasteiger partial charge in [-0.15, -0.1) is 0 Å². The molecule has 1 unspecified atom stereocenters. The Morgan fingerprint density at radius 1 is 1.21 bits per heavy atom. The summed E-state index contributed by atoms with van der Waals surface area (Å²) in [5.41, 5.74) is 6.09. The summed E-state index contributed by atoms with van der Waals surface area (Å²) in [6, 6.07) is 14.8. The Morgan fingerprint density at radius 2 is 2.03 bits per heavy atom. The Labute approximate surface area is 192 Å². The molecule has 1 atom stereocenters. The van der Waals surface area contributed by atoms with Crippen molar-refractivity contribution in [3.05, 3.63) is 71.5 Å². The number of rotatable bonds is 5. The number of aromatic amines is 1. The molecule has 1 fully saturated rings. The minimum atomic E-state index is -0.975. The average Bonchev–Trinajstić information content (AvgIpc) is 3.52. The van der Waals surface area contributed by atoms with Gasteiger partial charge in [0.15, 0.2) is 0 Å². The van der Waals surface area contributed by atoms with Crippen molar-refractivity contribution in [1.29, 1.82) is 0 Å². The molecule has 0 aliphatic carbocycles. The molecule has 1 aliphatic rings. The largest absolute Gasteiger partial charge is 0.496 e. The first-order chi connectivity index (χ1) is 16.1. The van der Waals surface area contributed by atoms with Gasteiger partial charge in [0.25, 0.3) is 0 Å². The summed E-state index contributed by atoms with van der Waals surface area (Å²) in [5, 5.41) is 17.6. The zero-order chi connectivity index (χ0) is 22.9. The molecule has 0 bridgehead atoms. The van der Waals surface area contributed by atoms with Gasteiger partial charge >= 0.3 is 6.09 Å². The van der Waals surface area contributed by atoms with Crippen LogP contribution in [0, 0.1) is 6.92 Å². The normalized spacial score (nSPS) is 16.8. The van der Waals surface area contributed by atoms with E-state index in [2.05, 4.69) is 39.4 Å². The number of hydrogen-bond donors (Lipinski definition) is 2. The number of aryl methyl sites for hydroxylation is 1. The van der Waals surface area contributed by atoms with Crippen molar-refractivity contribution in [2.45, 2.75) is 38.8 Å². The van der Waals surface area contributed by atoms with Gasteiger partial charge in [-0.1, -0.05) is 30.7 Å². The fourth-order valence-corrected chi connectivity index (χ4v) is 5.13. The van der Waals surface area contributed by atoms with Crippen LogP contribution in [0.5, 0.6) is 5.75 Å². The monoisotopic (exact) mass is 444 g/mol. The van der Waals surface area contributed by atoms with Gasteiger partial charge < -0.3 is 9.84 Å². The molecule has 0 radical (unpaired) electrons. The third kappa shape index (κ3) is 3.89. The maximum absolute atomic E-state index is 11.7. The van der Waals surface area contributed by atoms with E-state index in [1.807, 2.05) is 25.1 Å². The standard InChI is InChI=1S/C26H28N4O3/c1-17-15-24(33-2)21(20-11-14-30(25(17)20)26(31)32)16-29-13-4-3-5-23(29)19-8-6-18(7-9-19)22-10-12-27-28-22/h6-12,14-15,23H,3-5,13,16H2,1-2H3,(H,27,28)(H,31,32). The SMILES string of the molecule is COc1cc(C)c2c(ccn2C(=O)O)c1CN1CCCCC1c1ccc(-c2ccn[nH]2)cc1. The van der Waals surface area contributed by atoms with E-state index in [0.29, 0.717) is 12.6 Å². The van der Waals surface area contributed by atoms with Crippen molar-refractivity contribution in [3.8, 4) is 17.0 Å². The Kier molecular flexibility index (Phi) is 5.64. The van der Waals surface area contributed by atoms with E-state index < -0.39 is 6.09 Å². The van der Waals surface area contributed by atoms with Crippen LogP contribution in [0.1, 0.15) is 42.0 Å². The van der Waals surface area contributed by atoms with Crippen molar-refractivity contribution in [1.82, 2.24) is 19.7 Å². The summed E-state index contributed by atoms with van der Waals surface area (Å²) in [6.45, 7) is 3.63. The number of likely N-dealkylation sites (tertiary alicyclic amines) is 1. The minimum absolute atomic E-state index is 0.303. The highest BCUT2D eigenvalue weighted by Crippen LogP contribution is 2.38. The molecule has 5 rings (SSSR count). The van der Waals surface area contributed by atoms with Crippen LogP contribution in [0.15, 0.2) is 54.9 Å². The fourth-order valence-electron chi connectivity index (χ4n) is 5.13. The molecule has 3 heterocycles. The molecule has 33 heavy (non-hydrogen) atoms. The van der Waals surface area contributed by atoms with Crippen molar-refractivity contribution in [2.24, 2.45) is 0 Å². The number of nitrogens with one attached hydrogen (secondary N) is 1. The second kappa shape index (κ2) is 8.75. The minimum Gasteiger partial charge on any atom is -0.496 e. The lowest BCUT2D eigenvalue weighted by Crippen LogP contribution is -2.33. The maximum Gasteiger partial charge on any atom is 0.416 e. The summed E-state index contributed by atoms with van der Waals surface area (Å²) >= 11 is 0. The van der Waals surface area contributed by atoms with Gasteiger partial charge in [0.2, 0.25) is 0 Å². The molecular formula is C26H28N4O3. The van der Waals surface area contributed by atoms with E-state index in [9.17, 15) is 9.90 Å². The number of piperidine rings is 1. The summed E-state index contributed by atoms with van der Waals surface area (Å²) in [7, 11) is 1.68. The number of fused-ring (bicyclic) bond motifs is 1. The van der Waals surface area contributed by atoms with Crippen LogP contribution >= 0.6 is 0 Å². The molecule has 4 aromatic rings. The molecule has 1 aliphatic heterocycles. The molecule has 2 aromatic heterocycles. The Balaban J connectivity index is 1.50. The van der Waals surface area contributed by atoms with E-state index in [1.165, 1.54) is 16.6 Å². The molecule has 2 N–H and O–H groups in total. The number of carboxylic acid groups (broad SMARTS) is 1. The molecule has 2 aromatic carbocycles. The van der Waals surface area contributed by atoms with Gasteiger partial charge in [0.05, 0.1) is 18.3 Å². The molecule has 170 valence electrons. The number of nitrogens with zero attached hydrogens (tertiary/aromatic N) is 3. The number of benzene rings is 2. The average molecular weight is 445 g/mol. The molecule has 0 saturated carbocycles. The third-order valence-corrected chi connectivity index (χ3v) is 6.74. The van der Waals surface area contributed by atoms with Crippen LogP contribution in [0.3, 0.4) is 0 Å². The molecule has 1 saturated heterocycles. The number of carbonyl (C=O) groups is 1. The van der Waals surface area contributed by atoms with E-state index in [0.717, 1.165) is 58.4 Å². The van der Waals surface area contributed by atoms with Crippen LogP contribution in [0.25, 0.3) is 22.2 Å². The van der Waals surface area contributed by atoms with Crippen molar-refractivity contribution in [2.75, 3.05) is 13.7 Å². The first kappa shape index (κ1) is 21.3. The summed E-state index contributed by atoms with van der Waals surface area (Å²) in [4.78, 5) is 14.2. The van der Waals surface area contributed by atoms with Gasteiger partial charge in [-0.05, 0) is 61.2 Å². The predicted octanol–water partition coefficient (Wildman–Crippen LogP) is 5.60. The van der Waals surface area contributed by atoms with Crippen molar-refractivity contribution < 1.29 is 14.6 Å². The number of ether oxygens (including phenoxy) is 1. The first-order valence-electron chi connectivity index (χ1n) is 11.3. The first-order valence-corrected chi connectivity index (χ1v) is 11.3. The number of hydrogen-bond acceptors (Lipinski definition) is 4. The summed E-state index contributed by atoms with van der Waals surface area (Å²) in [6.07, 6.45) is 5.86. The van der Waals surface area contributed by atoms with Crippen LogP contribution in [-0.4, -0.2) is 44.5 Å². The van der Waals surface area contributed by atoms with Gasteiger partial charge in [-0.25, -0.2) is 4.79 Å². The van der Waals surface area contributed by atoms with Gasteiger partial charge in [0.1, 0.15) is 5.75 Å². The van der Waals surface area contributed by atoms with E-state index in [4.69, 9.17) is 4.74 Å². The second-order valence-electron chi connectivity index (χ2n) is 8.68. The maximum atomic E-state index is 11.7. The lowest BCUT2D eigenvalue weighted by atomic mass is 9.93. The predicted molar refractivity (Wildman–Crippen MR) is 128 cm³/mol. The topological polar surface area (TPSA) is 83.4 Å². The van der Waals surface area contributed by atoms with Crippen LogP contribution in [0.4, 0.5) is 4.79 Å². The lowest BCUT2D eigenvalue weighted by molar-refractivity contribution is 0.139. The van der Waals surface area contributed by atoms with Crippen LogP contribution < -0.4 is 4.74 Å². The van der Waals surface area contributed by atoms with Gasteiger partial charge in [0, 0.05) is 35.9 Å². The van der Waals surface area contributed by atoms with Gasteiger partial charge in [-0.3, -0.25) is 14.6 Å². The van der Waals surface area contributed by atoms with Crippen molar-refractivity contribution >= 4 is 17.0 Å². The Bertz CT molecular complexity index is 1280. The molecule has 7 nitrogen and oxygen atoms in total. The smallest absolute Gasteiger partial charge is 0.416 e. The van der Waals surface area contributed by atoms with E-state index in [1.54, 1.807) is 19.5 Å². The highest BCUT2D eigenvalue weighted by molar-refractivity contribution is 5.94. The molecule has 0 spiro atoms. The highest BCUT2D eigenvalue weighted by atomic mass is 16.5. The lowest BCUT2D eigenvalue weighted by Gasteiger charge is -2.36. The number of H-pyrrole nitrogens is 1. The highest BCUT2D eigenvalue weighted by Gasteiger charge is 2.27. The van der Waals surface area contributed by atoms with E-state index in [-0.39, 0.29) is 0 Å². The fraction of sp³-hybridized carbons (Fsp3) is 0.308. The van der Waals surface area contributed by atoms with Crippen molar-refractivity contribution in [3.63, 3.8) is 0 Å². The third-order valence-electron chi connectivity index (χ3n) is 6.74. The van der Waals surface area contributed by atoms with E-state index >= 15 is 0 Å². The molecule has 0 amide bonds. The molecular weight excluding hydrogens is 416 g/mol. The van der Waals surface area contributed by atoms with Crippen LogP contribution in [0.2, 0.25) is 0 Å². The van der Waals surface area contributed by atoms with Gasteiger partial charge in [-0.2, -0.15) is 5.10 Å². The Hall–Kier alpha value is -3.58. The summed E-state index contributed by atoms with van der Waals surface area (Å²) < 4.78 is 7.05. The summed E-state index contributed by atoms with van der Waals surface area (Å²) in [5.74, 6) is 0.807. The molecule has 7 heteroatoms. The number of methoxy groups -OCH3 is 1. The zero-order valence-electron chi connectivity index (χ0n) is 18.9. The quantitative estimate of drug-likeness (QED) is 0.419.